The number of rotatable bonds is 3. The molecule has 1 aromatic carbocycles. The van der Waals surface area contributed by atoms with Crippen molar-refractivity contribution in [2.45, 2.75) is 19.0 Å². The first-order valence-electron chi connectivity index (χ1n) is 5.47. The summed E-state index contributed by atoms with van der Waals surface area (Å²) in [6, 6.07) is 3.66. The predicted octanol–water partition coefficient (Wildman–Crippen LogP) is 1.27. The van der Waals surface area contributed by atoms with Gasteiger partial charge < -0.3 is 5.73 Å². The zero-order valence-corrected chi connectivity index (χ0v) is 9.30. The molecule has 1 atom stereocenters. The molecule has 1 fully saturated rings. The first kappa shape index (κ1) is 11.9. The number of nitrogens with two attached hydrogens (primary N) is 1. The molecule has 6 heteroatoms. The minimum atomic E-state index is -0.481. The second kappa shape index (κ2) is 4.77. The summed E-state index contributed by atoms with van der Waals surface area (Å²) < 4.78 is 13.1. The number of nitro groups is 1. The molecule has 0 bridgehead atoms. The molecule has 1 aromatic rings. The molecule has 1 aliphatic heterocycles. The third-order valence-corrected chi connectivity index (χ3v) is 2.94. The summed E-state index contributed by atoms with van der Waals surface area (Å²) >= 11 is 0. The van der Waals surface area contributed by atoms with Gasteiger partial charge in [-0.2, -0.15) is 0 Å². The van der Waals surface area contributed by atoms with E-state index in [0.717, 1.165) is 19.0 Å². The van der Waals surface area contributed by atoms with E-state index in [0.29, 0.717) is 18.7 Å². The highest BCUT2D eigenvalue weighted by molar-refractivity contribution is 5.40. The van der Waals surface area contributed by atoms with Gasteiger partial charge in [0.05, 0.1) is 4.92 Å². The Kier molecular flexibility index (Phi) is 3.35. The van der Waals surface area contributed by atoms with Crippen molar-refractivity contribution in [2.24, 2.45) is 5.73 Å². The Morgan fingerprint density at radius 3 is 2.94 bits per heavy atom. The maximum absolute atomic E-state index is 13.1. The van der Waals surface area contributed by atoms with Gasteiger partial charge in [-0.05, 0) is 18.6 Å². The molecule has 17 heavy (non-hydrogen) atoms. The average molecular weight is 239 g/mol. The third-order valence-electron chi connectivity index (χ3n) is 2.94. The monoisotopic (exact) mass is 239 g/mol. The molecule has 0 amide bonds. The van der Waals surface area contributed by atoms with E-state index in [4.69, 9.17) is 5.73 Å². The minimum Gasteiger partial charge on any atom is -0.326 e. The fourth-order valence-corrected chi connectivity index (χ4v) is 2.11. The van der Waals surface area contributed by atoms with Crippen LogP contribution in [-0.4, -0.2) is 29.0 Å². The van der Waals surface area contributed by atoms with Gasteiger partial charge in [-0.25, -0.2) is 4.39 Å². The van der Waals surface area contributed by atoms with Crippen molar-refractivity contribution in [3.63, 3.8) is 0 Å². The van der Waals surface area contributed by atoms with Crippen molar-refractivity contribution in [3.8, 4) is 0 Å². The molecule has 1 heterocycles. The molecule has 1 saturated heterocycles. The fourth-order valence-electron chi connectivity index (χ4n) is 2.11. The molecule has 0 aromatic heterocycles. The zero-order valence-electron chi connectivity index (χ0n) is 9.30. The van der Waals surface area contributed by atoms with Crippen molar-refractivity contribution in [1.29, 1.82) is 0 Å². The van der Waals surface area contributed by atoms with Gasteiger partial charge in [0, 0.05) is 37.3 Å². The maximum Gasteiger partial charge on any atom is 0.274 e. The van der Waals surface area contributed by atoms with Crippen molar-refractivity contribution >= 4 is 5.69 Å². The molecular weight excluding hydrogens is 225 g/mol. The second-order valence-electron chi connectivity index (χ2n) is 4.31. The van der Waals surface area contributed by atoms with Gasteiger partial charge in [-0.1, -0.05) is 0 Å². The van der Waals surface area contributed by atoms with E-state index in [1.54, 1.807) is 0 Å². The van der Waals surface area contributed by atoms with Crippen LogP contribution in [-0.2, 0) is 6.54 Å². The SMILES string of the molecule is N[C@@H]1CCN(Cc2cc(F)ccc2[N+](=O)[O-])C1. The Hall–Kier alpha value is -1.53. The smallest absolute Gasteiger partial charge is 0.274 e. The van der Waals surface area contributed by atoms with Crippen LogP contribution in [0.2, 0.25) is 0 Å². The molecule has 2 N–H and O–H groups in total. The van der Waals surface area contributed by atoms with Crippen LogP contribution in [0.25, 0.3) is 0 Å². The second-order valence-corrected chi connectivity index (χ2v) is 4.31. The normalized spacial score (nSPS) is 20.7. The van der Waals surface area contributed by atoms with Gasteiger partial charge in [0.1, 0.15) is 5.82 Å². The van der Waals surface area contributed by atoms with E-state index in [1.165, 1.54) is 12.1 Å². The van der Waals surface area contributed by atoms with Gasteiger partial charge in [-0.3, -0.25) is 15.0 Å². The lowest BCUT2D eigenvalue weighted by Crippen LogP contribution is -2.26. The van der Waals surface area contributed by atoms with Crippen LogP contribution in [0, 0.1) is 15.9 Å². The molecule has 0 aliphatic carbocycles. The van der Waals surface area contributed by atoms with Crippen LogP contribution >= 0.6 is 0 Å². The maximum atomic E-state index is 13.1. The fraction of sp³-hybridized carbons (Fsp3) is 0.455. The molecule has 1 aliphatic rings. The van der Waals surface area contributed by atoms with Gasteiger partial charge in [0.15, 0.2) is 0 Å². The largest absolute Gasteiger partial charge is 0.326 e. The van der Waals surface area contributed by atoms with Gasteiger partial charge in [0.2, 0.25) is 0 Å². The van der Waals surface area contributed by atoms with Crippen LogP contribution in [0.3, 0.4) is 0 Å². The summed E-state index contributed by atoms with van der Waals surface area (Å²) in [4.78, 5) is 12.3. The van der Waals surface area contributed by atoms with Crippen LogP contribution < -0.4 is 5.73 Å². The van der Waals surface area contributed by atoms with Crippen molar-refractivity contribution in [3.05, 3.63) is 39.7 Å². The number of benzene rings is 1. The number of nitro benzene ring substituents is 1. The van der Waals surface area contributed by atoms with Gasteiger partial charge in [-0.15, -0.1) is 0 Å². The molecule has 0 unspecified atom stereocenters. The topological polar surface area (TPSA) is 72.4 Å². The van der Waals surface area contributed by atoms with E-state index in [9.17, 15) is 14.5 Å². The third kappa shape index (κ3) is 2.78. The van der Waals surface area contributed by atoms with Crippen molar-refractivity contribution < 1.29 is 9.31 Å². The number of halogens is 1. The van der Waals surface area contributed by atoms with E-state index in [1.807, 2.05) is 4.90 Å². The van der Waals surface area contributed by atoms with Crippen LogP contribution in [0.1, 0.15) is 12.0 Å². The highest BCUT2D eigenvalue weighted by Gasteiger charge is 2.22. The van der Waals surface area contributed by atoms with E-state index >= 15 is 0 Å². The summed E-state index contributed by atoms with van der Waals surface area (Å²) in [5, 5.41) is 10.8. The average Bonchev–Trinajstić information content (AvgIpc) is 2.63. The lowest BCUT2D eigenvalue weighted by molar-refractivity contribution is -0.385. The van der Waals surface area contributed by atoms with Gasteiger partial charge in [0.25, 0.3) is 5.69 Å². The zero-order chi connectivity index (χ0) is 12.4. The van der Waals surface area contributed by atoms with Crippen LogP contribution in [0.4, 0.5) is 10.1 Å². The van der Waals surface area contributed by atoms with Crippen LogP contribution in [0.15, 0.2) is 18.2 Å². The highest BCUT2D eigenvalue weighted by atomic mass is 19.1. The van der Waals surface area contributed by atoms with E-state index in [-0.39, 0.29) is 11.7 Å². The van der Waals surface area contributed by atoms with E-state index < -0.39 is 10.7 Å². The number of hydrogen-bond donors (Lipinski definition) is 1. The number of hydrogen-bond acceptors (Lipinski definition) is 4. The first-order chi connectivity index (χ1) is 8.06. The number of likely N-dealkylation sites (tertiary alicyclic amines) is 1. The Morgan fingerprint density at radius 2 is 2.35 bits per heavy atom. The standard InChI is InChI=1S/C11H14FN3O2/c12-9-1-2-11(15(16)17)8(5-9)6-14-4-3-10(13)7-14/h1-2,5,10H,3-4,6-7,13H2/t10-/m1/s1. The lowest BCUT2D eigenvalue weighted by Gasteiger charge is -2.15. The Morgan fingerprint density at radius 1 is 1.59 bits per heavy atom. The molecule has 0 spiro atoms. The first-order valence-corrected chi connectivity index (χ1v) is 5.47. The highest BCUT2D eigenvalue weighted by Crippen LogP contribution is 2.22. The molecular formula is C11H14FN3O2. The summed E-state index contributed by atoms with van der Waals surface area (Å²) in [7, 11) is 0. The summed E-state index contributed by atoms with van der Waals surface area (Å²) in [6.07, 6.45) is 0.878. The van der Waals surface area contributed by atoms with Gasteiger partial charge >= 0.3 is 0 Å². The van der Waals surface area contributed by atoms with Crippen LogP contribution in [0.5, 0.6) is 0 Å². The Bertz CT molecular complexity index is 439. The molecule has 5 nitrogen and oxygen atoms in total. The summed E-state index contributed by atoms with van der Waals surface area (Å²) in [6.45, 7) is 1.88. The summed E-state index contributed by atoms with van der Waals surface area (Å²) in [5.74, 6) is -0.450. The van der Waals surface area contributed by atoms with Crippen molar-refractivity contribution in [2.75, 3.05) is 13.1 Å². The lowest BCUT2D eigenvalue weighted by atomic mass is 10.1. The quantitative estimate of drug-likeness (QED) is 0.636. The Labute approximate surface area is 98.2 Å². The number of nitrogens with zero attached hydrogens (tertiary/aromatic N) is 2. The summed E-state index contributed by atoms with van der Waals surface area (Å²) in [5.41, 5.74) is 6.13. The predicted molar refractivity (Wildman–Crippen MR) is 60.9 cm³/mol. The van der Waals surface area contributed by atoms with E-state index in [2.05, 4.69) is 0 Å². The van der Waals surface area contributed by atoms with Crippen molar-refractivity contribution in [1.82, 2.24) is 4.90 Å². The Balaban J connectivity index is 2.19. The molecule has 2 rings (SSSR count). The molecule has 0 saturated carbocycles. The molecule has 0 radical (unpaired) electrons. The minimum absolute atomic E-state index is 0.0353. The molecule has 92 valence electrons.